The molecule has 6 heteroatoms. The van der Waals surface area contributed by atoms with Crippen LogP contribution in [0.15, 0.2) is 29.3 Å². The number of nitrogens with zero attached hydrogens (tertiary/aromatic N) is 2. The van der Waals surface area contributed by atoms with E-state index in [1.807, 2.05) is 11.8 Å². The first-order chi connectivity index (χ1) is 11.2. The van der Waals surface area contributed by atoms with Crippen LogP contribution in [0.3, 0.4) is 0 Å². The van der Waals surface area contributed by atoms with E-state index in [-0.39, 0.29) is 29.9 Å². The number of amides is 1. The van der Waals surface area contributed by atoms with E-state index in [4.69, 9.17) is 0 Å². The Morgan fingerprint density at radius 1 is 1.25 bits per heavy atom. The average Bonchev–Trinajstić information content (AvgIpc) is 3.07. The number of rotatable bonds is 6. The van der Waals surface area contributed by atoms with Crippen LogP contribution >= 0.6 is 24.0 Å². The number of nitrogens with one attached hydrogen (secondary N) is 2. The van der Waals surface area contributed by atoms with Gasteiger partial charge in [0.15, 0.2) is 5.96 Å². The number of likely N-dealkylation sites (tertiary alicyclic amines) is 1. The molecule has 0 radical (unpaired) electrons. The van der Waals surface area contributed by atoms with Crippen molar-refractivity contribution in [3.05, 3.63) is 35.4 Å². The number of carbonyl (C=O) groups is 1. The number of hydrogen-bond acceptors (Lipinski definition) is 2. The first-order valence-electron chi connectivity index (χ1n) is 8.54. The van der Waals surface area contributed by atoms with E-state index in [1.54, 1.807) is 0 Å². The first-order valence-corrected chi connectivity index (χ1v) is 8.54. The van der Waals surface area contributed by atoms with Gasteiger partial charge in [-0.3, -0.25) is 4.79 Å². The third-order valence-corrected chi connectivity index (χ3v) is 3.94. The van der Waals surface area contributed by atoms with Crippen LogP contribution in [0.2, 0.25) is 0 Å². The number of halogens is 1. The molecule has 0 atom stereocenters. The molecule has 1 saturated heterocycles. The smallest absolute Gasteiger partial charge is 0.224 e. The summed E-state index contributed by atoms with van der Waals surface area (Å²) in [5.41, 5.74) is 2.43. The predicted molar refractivity (Wildman–Crippen MR) is 110 cm³/mol. The fraction of sp³-hybridized carbons (Fsp3) is 0.556. The van der Waals surface area contributed by atoms with E-state index in [9.17, 15) is 4.79 Å². The third kappa shape index (κ3) is 7.07. The predicted octanol–water partition coefficient (Wildman–Crippen LogP) is 2.68. The minimum absolute atomic E-state index is 0. The van der Waals surface area contributed by atoms with Gasteiger partial charge in [0.2, 0.25) is 5.91 Å². The molecule has 0 aromatic heterocycles. The fourth-order valence-electron chi connectivity index (χ4n) is 2.74. The molecule has 1 aromatic rings. The second kappa shape index (κ2) is 11.3. The Hall–Kier alpha value is -1.31. The Bertz CT molecular complexity index is 542. The van der Waals surface area contributed by atoms with Gasteiger partial charge in [-0.1, -0.05) is 29.8 Å². The number of benzene rings is 1. The van der Waals surface area contributed by atoms with Crippen molar-refractivity contribution in [2.75, 3.05) is 26.2 Å². The van der Waals surface area contributed by atoms with Gasteiger partial charge < -0.3 is 15.5 Å². The maximum atomic E-state index is 12.0. The van der Waals surface area contributed by atoms with Gasteiger partial charge in [0.05, 0.1) is 6.54 Å². The lowest BCUT2D eigenvalue weighted by Crippen LogP contribution is -2.39. The average molecular weight is 444 g/mol. The van der Waals surface area contributed by atoms with Crippen LogP contribution in [-0.4, -0.2) is 42.9 Å². The second-order valence-corrected chi connectivity index (χ2v) is 5.95. The lowest BCUT2D eigenvalue weighted by Gasteiger charge is -2.16. The van der Waals surface area contributed by atoms with Crippen molar-refractivity contribution < 1.29 is 4.79 Å². The Balaban J connectivity index is 0.00000288. The van der Waals surface area contributed by atoms with Gasteiger partial charge in [0.1, 0.15) is 0 Å². The molecule has 1 aliphatic heterocycles. The Morgan fingerprint density at radius 2 is 2.00 bits per heavy atom. The highest BCUT2D eigenvalue weighted by molar-refractivity contribution is 14.0. The zero-order chi connectivity index (χ0) is 16.5. The highest BCUT2D eigenvalue weighted by Crippen LogP contribution is 2.08. The molecule has 24 heavy (non-hydrogen) atoms. The molecule has 0 spiro atoms. The maximum Gasteiger partial charge on any atom is 0.224 e. The number of carbonyl (C=O) groups excluding carboxylic acids is 1. The zero-order valence-corrected chi connectivity index (χ0v) is 17.0. The molecule has 1 heterocycles. The standard InChI is InChI=1S/C18H28N4O.HI/c1-3-19-18(21-14-16-8-6-7-15(2)13-16)20-10-9-17(23)22-11-4-5-12-22;/h6-8,13H,3-5,9-12,14H2,1-2H3,(H2,19,20,21);1H. The van der Waals surface area contributed by atoms with Gasteiger partial charge in [0, 0.05) is 32.6 Å². The van der Waals surface area contributed by atoms with Crippen molar-refractivity contribution in [2.45, 2.75) is 39.7 Å². The topological polar surface area (TPSA) is 56.7 Å². The summed E-state index contributed by atoms with van der Waals surface area (Å²) >= 11 is 0. The van der Waals surface area contributed by atoms with Gasteiger partial charge in [-0.2, -0.15) is 0 Å². The molecule has 0 unspecified atom stereocenters. The maximum absolute atomic E-state index is 12.0. The van der Waals surface area contributed by atoms with Crippen LogP contribution in [0.25, 0.3) is 0 Å². The van der Waals surface area contributed by atoms with E-state index in [2.05, 4.69) is 46.8 Å². The van der Waals surface area contributed by atoms with Crippen LogP contribution < -0.4 is 10.6 Å². The molecule has 0 bridgehead atoms. The van der Waals surface area contributed by atoms with Crippen LogP contribution in [0.4, 0.5) is 0 Å². The number of guanidine groups is 1. The summed E-state index contributed by atoms with van der Waals surface area (Å²) in [7, 11) is 0. The molecule has 1 fully saturated rings. The zero-order valence-electron chi connectivity index (χ0n) is 14.7. The van der Waals surface area contributed by atoms with Gasteiger partial charge in [-0.05, 0) is 32.3 Å². The Morgan fingerprint density at radius 3 is 2.67 bits per heavy atom. The highest BCUT2D eigenvalue weighted by Gasteiger charge is 2.17. The molecule has 2 N–H and O–H groups in total. The van der Waals surface area contributed by atoms with Crippen molar-refractivity contribution >= 4 is 35.8 Å². The lowest BCUT2D eigenvalue weighted by molar-refractivity contribution is -0.129. The van der Waals surface area contributed by atoms with Crippen LogP contribution in [0.1, 0.15) is 37.3 Å². The van der Waals surface area contributed by atoms with E-state index in [1.165, 1.54) is 11.1 Å². The Kier molecular flexibility index (Phi) is 9.75. The minimum Gasteiger partial charge on any atom is -0.357 e. The van der Waals surface area contributed by atoms with Gasteiger partial charge >= 0.3 is 0 Å². The van der Waals surface area contributed by atoms with Crippen LogP contribution in [0, 0.1) is 6.92 Å². The fourth-order valence-corrected chi connectivity index (χ4v) is 2.74. The van der Waals surface area contributed by atoms with Crippen molar-refractivity contribution in [1.29, 1.82) is 0 Å². The van der Waals surface area contributed by atoms with Crippen molar-refractivity contribution in [1.82, 2.24) is 15.5 Å². The van der Waals surface area contributed by atoms with Gasteiger partial charge in [-0.15, -0.1) is 24.0 Å². The number of aryl methyl sites for hydroxylation is 1. The normalized spacial score (nSPS) is 14.2. The van der Waals surface area contributed by atoms with Gasteiger partial charge in [0.25, 0.3) is 0 Å². The molecule has 0 aliphatic carbocycles. The summed E-state index contributed by atoms with van der Waals surface area (Å²) in [6.07, 6.45) is 2.80. The molecular weight excluding hydrogens is 415 g/mol. The first kappa shape index (κ1) is 20.7. The van der Waals surface area contributed by atoms with Crippen molar-refractivity contribution in [3.63, 3.8) is 0 Å². The van der Waals surface area contributed by atoms with Crippen molar-refractivity contribution in [3.8, 4) is 0 Å². The summed E-state index contributed by atoms with van der Waals surface area (Å²) in [5, 5.41) is 6.48. The largest absolute Gasteiger partial charge is 0.357 e. The van der Waals surface area contributed by atoms with Crippen LogP contribution in [-0.2, 0) is 11.3 Å². The number of hydrogen-bond donors (Lipinski definition) is 2. The van der Waals surface area contributed by atoms with Crippen LogP contribution in [0.5, 0.6) is 0 Å². The van der Waals surface area contributed by atoms with Crippen molar-refractivity contribution in [2.24, 2.45) is 4.99 Å². The summed E-state index contributed by atoms with van der Waals surface area (Å²) in [6, 6.07) is 8.36. The summed E-state index contributed by atoms with van der Waals surface area (Å²) < 4.78 is 0. The van der Waals surface area contributed by atoms with E-state index < -0.39 is 0 Å². The minimum atomic E-state index is 0. The summed E-state index contributed by atoms with van der Waals surface area (Å²) in [6.45, 7) is 8.02. The molecular formula is C18H29IN4O. The quantitative estimate of drug-likeness (QED) is 0.403. The molecule has 2 rings (SSSR count). The van der Waals surface area contributed by atoms with E-state index >= 15 is 0 Å². The molecule has 1 aromatic carbocycles. The monoisotopic (exact) mass is 444 g/mol. The number of aliphatic imine (C=N–C) groups is 1. The van der Waals surface area contributed by atoms with E-state index in [0.717, 1.165) is 38.4 Å². The molecule has 1 amide bonds. The Labute approximate surface area is 162 Å². The summed E-state index contributed by atoms with van der Waals surface area (Å²) in [5.74, 6) is 1.01. The molecule has 1 aliphatic rings. The summed E-state index contributed by atoms with van der Waals surface area (Å²) in [4.78, 5) is 18.6. The molecule has 5 nitrogen and oxygen atoms in total. The second-order valence-electron chi connectivity index (χ2n) is 5.95. The molecule has 134 valence electrons. The lowest BCUT2D eigenvalue weighted by atomic mass is 10.1. The molecule has 0 saturated carbocycles. The van der Waals surface area contributed by atoms with E-state index in [0.29, 0.717) is 19.5 Å². The third-order valence-electron chi connectivity index (χ3n) is 3.94. The SMILES string of the molecule is CCNC(=NCc1cccc(C)c1)NCCC(=O)N1CCCC1.I. The van der Waals surface area contributed by atoms with Gasteiger partial charge in [-0.25, -0.2) is 4.99 Å². The highest BCUT2D eigenvalue weighted by atomic mass is 127.